The maximum Gasteiger partial charge on any atom is 0.353 e. The minimum Gasteiger partial charge on any atom is -0.478 e. The van der Waals surface area contributed by atoms with Gasteiger partial charge in [-0.2, -0.15) is 5.10 Å². The largest absolute Gasteiger partial charge is 0.478 e. The maximum absolute atomic E-state index is 12.9. The Balaban J connectivity index is 1.82. The topological polar surface area (TPSA) is 81.4 Å². The summed E-state index contributed by atoms with van der Waals surface area (Å²) >= 11 is 0. The van der Waals surface area contributed by atoms with Gasteiger partial charge in [0.25, 0.3) is 6.10 Å². The Hall–Kier alpha value is -3.48. The summed E-state index contributed by atoms with van der Waals surface area (Å²) in [6.07, 6.45) is 0.958. The minimum atomic E-state index is -1.75. The molecule has 0 aliphatic carbocycles. The van der Waals surface area contributed by atoms with Crippen molar-refractivity contribution in [1.82, 2.24) is 9.78 Å². The quantitative estimate of drug-likeness (QED) is 0.551. The van der Waals surface area contributed by atoms with E-state index in [1.165, 1.54) is 29.2 Å². The zero-order valence-electron chi connectivity index (χ0n) is 12.9. The van der Waals surface area contributed by atoms with E-state index in [9.17, 15) is 19.1 Å². The number of carbonyl (C=O) groups excluding carboxylic acids is 1. The Labute approximate surface area is 142 Å². The molecule has 0 aliphatic rings. The number of hydrogen-bond acceptors (Lipinski definition) is 4. The van der Waals surface area contributed by atoms with Crippen LogP contribution < -0.4 is 4.74 Å². The van der Waals surface area contributed by atoms with Crippen LogP contribution in [0.25, 0.3) is 5.69 Å². The van der Waals surface area contributed by atoms with E-state index in [1.54, 1.807) is 12.1 Å². The van der Waals surface area contributed by atoms with Gasteiger partial charge in [-0.25, -0.2) is 13.9 Å². The van der Waals surface area contributed by atoms with Gasteiger partial charge in [0.2, 0.25) is 5.78 Å². The predicted molar refractivity (Wildman–Crippen MR) is 86.3 cm³/mol. The van der Waals surface area contributed by atoms with Gasteiger partial charge in [-0.05, 0) is 36.4 Å². The highest BCUT2D eigenvalue weighted by atomic mass is 19.1. The van der Waals surface area contributed by atoms with E-state index in [4.69, 9.17) is 4.74 Å². The first-order valence-electron chi connectivity index (χ1n) is 7.34. The van der Waals surface area contributed by atoms with E-state index < -0.39 is 23.7 Å². The number of halogens is 1. The molecule has 3 rings (SSSR count). The number of nitrogens with zero attached hydrogens (tertiary/aromatic N) is 2. The van der Waals surface area contributed by atoms with E-state index in [0.29, 0.717) is 0 Å². The molecule has 0 saturated heterocycles. The van der Waals surface area contributed by atoms with Crippen LogP contribution in [-0.2, 0) is 4.79 Å². The lowest BCUT2D eigenvalue weighted by atomic mass is 10.1. The number of aliphatic carboxylic acids is 1. The average Bonchev–Trinajstić information content (AvgIpc) is 3.11. The number of carboxylic acids is 1. The molecule has 2 aromatic carbocycles. The van der Waals surface area contributed by atoms with E-state index in [1.807, 2.05) is 18.2 Å². The number of benzene rings is 2. The zero-order chi connectivity index (χ0) is 17.8. The van der Waals surface area contributed by atoms with Gasteiger partial charge in [0.15, 0.2) is 0 Å². The molecule has 1 N–H and O–H groups in total. The summed E-state index contributed by atoms with van der Waals surface area (Å²) in [4.78, 5) is 23.9. The predicted octanol–water partition coefficient (Wildman–Crippen LogP) is 2.73. The van der Waals surface area contributed by atoms with Crippen molar-refractivity contribution in [1.29, 1.82) is 0 Å². The molecule has 0 aliphatic heterocycles. The van der Waals surface area contributed by atoms with Gasteiger partial charge in [0.1, 0.15) is 11.6 Å². The number of ketones is 1. The summed E-state index contributed by atoms with van der Waals surface area (Å²) in [7, 11) is 0. The Morgan fingerprint density at radius 1 is 1.08 bits per heavy atom. The SMILES string of the molecule is O=C(O)C(Oc1ccc(F)cc1)C(=O)c1cnn(-c2ccccc2)c1. The highest BCUT2D eigenvalue weighted by molar-refractivity contribution is 6.10. The molecule has 1 aromatic heterocycles. The second-order valence-electron chi connectivity index (χ2n) is 5.16. The zero-order valence-corrected chi connectivity index (χ0v) is 12.9. The molecule has 1 unspecified atom stereocenters. The standard InChI is InChI=1S/C18H13FN2O4/c19-13-6-8-15(9-7-13)25-17(18(23)24)16(22)12-10-20-21(11-12)14-4-2-1-3-5-14/h1-11,17H,(H,23,24). The number of rotatable bonds is 6. The van der Waals surface area contributed by atoms with Crippen molar-refractivity contribution in [3.05, 3.63) is 78.4 Å². The summed E-state index contributed by atoms with van der Waals surface area (Å²) < 4.78 is 19.6. The van der Waals surface area contributed by atoms with Gasteiger partial charge in [-0.15, -0.1) is 0 Å². The first kappa shape index (κ1) is 16.4. The van der Waals surface area contributed by atoms with Crippen LogP contribution in [0.4, 0.5) is 4.39 Å². The molecule has 0 radical (unpaired) electrons. The number of carboxylic acid groups (broad SMARTS) is 1. The van der Waals surface area contributed by atoms with Crippen molar-refractivity contribution in [2.45, 2.75) is 6.10 Å². The number of Topliss-reactive ketones (excluding diaryl/α,β-unsaturated/α-hetero) is 1. The Kier molecular flexibility index (Phi) is 4.56. The second kappa shape index (κ2) is 6.96. The van der Waals surface area contributed by atoms with Gasteiger partial charge < -0.3 is 9.84 Å². The third-order valence-electron chi connectivity index (χ3n) is 3.42. The van der Waals surface area contributed by atoms with E-state index in [2.05, 4.69) is 5.10 Å². The van der Waals surface area contributed by atoms with Gasteiger partial charge in [0.05, 0.1) is 17.4 Å². The maximum atomic E-state index is 12.9. The smallest absolute Gasteiger partial charge is 0.353 e. The van der Waals surface area contributed by atoms with Crippen LogP contribution in [0.2, 0.25) is 0 Å². The lowest BCUT2D eigenvalue weighted by Crippen LogP contribution is -2.35. The third-order valence-corrected chi connectivity index (χ3v) is 3.42. The number of carbonyl (C=O) groups is 2. The molecule has 126 valence electrons. The summed E-state index contributed by atoms with van der Waals surface area (Å²) in [5.74, 6) is -2.60. The fraction of sp³-hybridized carbons (Fsp3) is 0.0556. The van der Waals surface area contributed by atoms with Crippen molar-refractivity contribution in [3.63, 3.8) is 0 Å². The van der Waals surface area contributed by atoms with Crippen LogP contribution in [0.1, 0.15) is 10.4 Å². The van der Waals surface area contributed by atoms with Crippen LogP contribution in [0, 0.1) is 5.82 Å². The second-order valence-corrected chi connectivity index (χ2v) is 5.16. The lowest BCUT2D eigenvalue weighted by molar-refractivity contribution is -0.142. The number of ether oxygens (including phenoxy) is 1. The first-order chi connectivity index (χ1) is 12.0. The molecule has 1 atom stereocenters. The van der Waals surface area contributed by atoms with Crippen LogP contribution >= 0.6 is 0 Å². The molecule has 0 amide bonds. The van der Waals surface area contributed by atoms with Gasteiger partial charge >= 0.3 is 5.97 Å². The van der Waals surface area contributed by atoms with Crippen LogP contribution in [0.5, 0.6) is 5.75 Å². The van der Waals surface area contributed by atoms with E-state index in [-0.39, 0.29) is 11.3 Å². The normalized spacial score (nSPS) is 11.7. The van der Waals surface area contributed by atoms with Gasteiger partial charge in [-0.1, -0.05) is 18.2 Å². The monoisotopic (exact) mass is 340 g/mol. The highest BCUT2D eigenvalue weighted by Crippen LogP contribution is 2.16. The molecular formula is C18H13FN2O4. The average molecular weight is 340 g/mol. The number of hydrogen-bond donors (Lipinski definition) is 1. The Morgan fingerprint density at radius 3 is 2.40 bits per heavy atom. The molecule has 25 heavy (non-hydrogen) atoms. The van der Waals surface area contributed by atoms with E-state index in [0.717, 1.165) is 17.8 Å². The molecule has 6 nitrogen and oxygen atoms in total. The van der Waals surface area contributed by atoms with E-state index >= 15 is 0 Å². The molecular weight excluding hydrogens is 327 g/mol. The lowest BCUT2D eigenvalue weighted by Gasteiger charge is -2.13. The van der Waals surface area contributed by atoms with Crippen LogP contribution in [-0.4, -0.2) is 32.7 Å². The molecule has 0 bridgehead atoms. The highest BCUT2D eigenvalue weighted by Gasteiger charge is 2.30. The molecule has 1 heterocycles. The minimum absolute atomic E-state index is 0.0811. The molecule has 0 spiro atoms. The van der Waals surface area contributed by atoms with Crippen molar-refractivity contribution >= 4 is 11.8 Å². The fourth-order valence-electron chi connectivity index (χ4n) is 2.19. The molecule has 0 fully saturated rings. The summed E-state index contributed by atoms with van der Waals surface area (Å²) in [6.45, 7) is 0. The summed E-state index contributed by atoms with van der Waals surface area (Å²) in [6, 6.07) is 13.8. The first-order valence-corrected chi connectivity index (χ1v) is 7.34. The van der Waals surface area contributed by atoms with Gasteiger partial charge in [-0.3, -0.25) is 4.79 Å². The van der Waals surface area contributed by atoms with Crippen LogP contribution in [0.15, 0.2) is 67.0 Å². The fourth-order valence-corrected chi connectivity index (χ4v) is 2.19. The number of para-hydroxylation sites is 1. The molecule has 7 heteroatoms. The van der Waals surface area contributed by atoms with Crippen molar-refractivity contribution in [2.24, 2.45) is 0 Å². The van der Waals surface area contributed by atoms with Gasteiger partial charge in [0, 0.05) is 6.20 Å². The number of aromatic nitrogens is 2. The van der Waals surface area contributed by atoms with Crippen molar-refractivity contribution in [2.75, 3.05) is 0 Å². The third kappa shape index (κ3) is 3.72. The summed E-state index contributed by atoms with van der Waals surface area (Å²) in [5, 5.41) is 13.4. The van der Waals surface area contributed by atoms with Crippen molar-refractivity contribution < 1.29 is 23.8 Å². The summed E-state index contributed by atoms with van der Waals surface area (Å²) in [5.41, 5.74) is 0.825. The Bertz CT molecular complexity index is 891. The van der Waals surface area contributed by atoms with Crippen molar-refractivity contribution in [3.8, 4) is 11.4 Å². The Morgan fingerprint density at radius 2 is 1.76 bits per heavy atom. The molecule has 3 aromatic rings. The van der Waals surface area contributed by atoms with Crippen LogP contribution in [0.3, 0.4) is 0 Å². The molecule has 0 saturated carbocycles.